The highest BCUT2D eigenvalue weighted by Gasteiger charge is 2.42. The number of ether oxygens (including phenoxy) is 2. The van der Waals surface area contributed by atoms with Crippen molar-refractivity contribution < 1.29 is 9.47 Å². The minimum absolute atomic E-state index is 0.0775. The maximum absolute atomic E-state index is 6.00. The molecular weight excluding hydrogens is 302 g/mol. The predicted molar refractivity (Wildman–Crippen MR) is 91.1 cm³/mol. The fourth-order valence-electron chi connectivity index (χ4n) is 2.58. The van der Waals surface area contributed by atoms with Crippen LogP contribution in [-0.2, 0) is 21.8 Å². The topological polar surface area (TPSA) is 49.2 Å². The van der Waals surface area contributed by atoms with Crippen LogP contribution in [0.4, 0.5) is 0 Å². The zero-order chi connectivity index (χ0) is 16.7. The predicted octanol–water partition coefficient (Wildman–Crippen LogP) is 3.25. The van der Waals surface area contributed by atoms with Gasteiger partial charge in [-0.25, -0.2) is 4.68 Å². The SMILES string of the molecule is CC1COC(Cn2ccnn2)(c2ccccc2)O1.c1ccccc1. The highest BCUT2D eigenvalue weighted by atomic mass is 16.7. The molecule has 2 atom stereocenters. The maximum atomic E-state index is 6.00. The molecule has 5 heteroatoms. The van der Waals surface area contributed by atoms with Gasteiger partial charge in [-0.05, 0) is 6.92 Å². The molecule has 0 aliphatic carbocycles. The highest BCUT2D eigenvalue weighted by molar-refractivity contribution is 5.21. The van der Waals surface area contributed by atoms with Crippen molar-refractivity contribution in [3.05, 3.63) is 84.7 Å². The summed E-state index contributed by atoms with van der Waals surface area (Å²) < 4.78 is 13.6. The molecule has 5 nitrogen and oxygen atoms in total. The standard InChI is InChI=1S/C13H15N3O2.C6H6/c1-11-9-17-13(18-11,10-16-8-7-14-15-16)12-5-3-2-4-6-12;1-2-4-6-5-3-1/h2-8,11H,9-10H2,1H3;1-6H. The molecule has 0 saturated carbocycles. The molecule has 1 fully saturated rings. The Kier molecular flexibility index (Phi) is 5.36. The summed E-state index contributed by atoms with van der Waals surface area (Å²) in [6.45, 7) is 3.09. The summed E-state index contributed by atoms with van der Waals surface area (Å²) in [7, 11) is 0. The number of nitrogens with zero attached hydrogens (tertiary/aromatic N) is 3. The summed E-state index contributed by atoms with van der Waals surface area (Å²) in [6.07, 6.45) is 3.53. The molecule has 1 saturated heterocycles. The monoisotopic (exact) mass is 323 g/mol. The van der Waals surface area contributed by atoms with Crippen LogP contribution in [0.1, 0.15) is 12.5 Å². The van der Waals surface area contributed by atoms with Gasteiger partial charge in [-0.3, -0.25) is 0 Å². The van der Waals surface area contributed by atoms with Crippen LogP contribution in [0.25, 0.3) is 0 Å². The molecule has 0 N–H and O–H groups in total. The van der Waals surface area contributed by atoms with Crippen molar-refractivity contribution in [2.75, 3.05) is 6.61 Å². The molecule has 1 aliphatic rings. The number of benzene rings is 2. The minimum atomic E-state index is -0.756. The fraction of sp³-hybridized carbons (Fsp3) is 0.263. The Morgan fingerprint density at radius 2 is 1.67 bits per heavy atom. The Hall–Kier alpha value is -2.50. The number of hydrogen-bond acceptors (Lipinski definition) is 4. The molecule has 0 bridgehead atoms. The van der Waals surface area contributed by atoms with Crippen LogP contribution in [0.3, 0.4) is 0 Å². The van der Waals surface area contributed by atoms with Crippen LogP contribution in [0.2, 0.25) is 0 Å². The molecule has 4 rings (SSSR count). The molecule has 24 heavy (non-hydrogen) atoms. The molecule has 2 heterocycles. The molecule has 1 aromatic heterocycles. The molecule has 2 unspecified atom stereocenters. The Balaban J connectivity index is 0.000000238. The van der Waals surface area contributed by atoms with E-state index in [4.69, 9.17) is 9.47 Å². The second-order valence-electron chi connectivity index (χ2n) is 5.61. The van der Waals surface area contributed by atoms with Gasteiger partial charge in [-0.1, -0.05) is 71.9 Å². The molecule has 124 valence electrons. The van der Waals surface area contributed by atoms with Crippen molar-refractivity contribution in [2.24, 2.45) is 0 Å². The van der Waals surface area contributed by atoms with E-state index < -0.39 is 5.79 Å². The molecule has 1 aliphatic heterocycles. The van der Waals surface area contributed by atoms with Crippen LogP contribution in [0.15, 0.2) is 79.1 Å². The first-order valence-electron chi connectivity index (χ1n) is 8.00. The molecule has 0 radical (unpaired) electrons. The van der Waals surface area contributed by atoms with E-state index in [2.05, 4.69) is 10.3 Å². The largest absolute Gasteiger partial charge is 0.342 e. The molecular formula is C19H21N3O2. The summed E-state index contributed by atoms with van der Waals surface area (Å²) in [6, 6.07) is 22.0. The summed E-state index contributed by atoms with van der Waals surface area (Å²) in [4.78, 5) is 0. The second kappa shape index (κ2) is 7.86. The van der Waals surface area contributed by atoms with E-state index in [-0.39, 0.29) is 6.10 Å². The van der Waals surface area contributed by atoms with Crippen molar-refractivity contribution in [3.63, 3.8) is 0 Å². The van der Waals surface area contributed by atoms with Crippen molar-refractivity contribution in [1.29, 1.82) is 0 Å². The van der Waals surface area contributed by atoms with Crippen LogP contribution in [0, 0.1) is 0 Å². The smallest absolute Gasteiger partial charge is 0.215 e. The summed E-state index contributed by atoms with van der Waals surface area (Å²) >= 11 is 0. The quantitative estimate of drug-likeness (QED) is 0.742. The van der Waals surface area contributed by atoms with E-state index in [1.165, 1.54) is 0 Å². The maximum Gasteiger partial charge on any atom is 0.215 e. The lowest BCUT2D eigenvalue weighted by Crippen LogP contribution is -2.33. The number of hydrogen-bond donors (Lipinski definition) is 0. The van der Waals surface area contributed by atoms with E-state index >= 15 is 0 Å². The second-order valence-corrected chi connectivity index (χ2v) is 5.61. The van der Waals surface area contributed by atoms with Gasteiger partial charge in [-0.15, -0.1) is 5.10 Å². The third-order valence-corrected chi connectivity index (χ3v) is 3.67. The van der Waals surface area contributed by atoms with Gasteiger partial charge in [0.05, 0.1) is 18.9 Å². The summed E-state index contributed by atoms with van der Waals surface area (Å²) in [5.74, 6) is -0.756. The first-order valence-corrected chi connectivity index (χ1v) is 8.00. The summed E-state index contributed by atoms with van der Waals surface area (Å²) in [5.41, 5.74) is 1.00. The third kappa shape index (κ3) is 4.07. The van der Waals surface area contributed by atoms with Gasteiger partial charge in [0, 0.05) is 11.8 Å². The van der Waals surface area contributed by atoms with Crippen LogP contribution < -0.4 is 0 Å². The van der Waals surface area contributed by atoms with Gasteiger partial charge < -0.3 is 9.47 Å². The third-order valence-electron chi connectivity index (χ3n) is 3.67. The number of aromatic nitrogens is 3. The summed E-state index contributed by atoms with van der Waals surface area (Å²) in [5, 5.41) is 7.79. The van der Waals surface area contributed by atoms with Crippen molar-refractivity contribution >= 4 is 0 Å². The lowest BCUT2D eigenvalue weighted by molar-refractivity contribution is -0.187. The normalized spacial score (nSPS) is 22.6. The lowest BCUT2D eigenvalue weighted by atomic mass is 10.1. The van der Waals surface area contributed by atoms with E-state index in [1.807, 2.05) is 73.7 Å². The van der Waals surface area contributed by atoms with E-state index in [0.29, 0.717) is 13.2 Å². The molecule has 0 spiro atoms. The first kappa shape index (κ1) is 16.4. The Bertz CT molecular complexity index is 677. The van der Waals surface area contributed by atoms with Crippen molar-refractivity contribution in [1.82, 2.24) is 15.0 Å². The van der Waals surface area contributed by atoms with Gasteiger partial charge in [0.25, 0.3) is 0 Å². The van der Waals surface area contributed by atoms with E-state index in [0.717, 1.165) is 5.56 Å². The van der Waals surface area contributed by atoms with Crippen LogP contribution in [0.5, 0.6) is 0 Å². The zero-order valence-corrected chi connectivity index (χ0v) is 13.7. The Morgan fingerprint density at radius 3 is 2.17 bits per heavy atom. The zero-order valence-electron chi connectivity index (χ0n) is 13.7. The lowest BCUT2D eigenvalue weighted by Gasteiger charge is -2.28. The minimum Gasteiger partial charge on any atom is -0.342 e. The van der Waals surface area contributed by atoms with Gasteiger partial charge >= 0.3 is 0 Å². The van der Waals surface area contributed by atoms with Gasteiger partial charge in [-0.2, -0.15) is 0 Å². The highest BCUT2D eigenvalue weighted by Crippen LogP contribution is 2.35. The Morgan fingerprint density at radius 1 is 1.04 bits per heavy atom. The average Bonchev–Trinajstić information content (AvgIpc) is 3.29. The molecule has 3 aromatic rings. The molecule has 2 aromatic carbocycles. The van der Waals surface area contributed by atoms with Gasteiger partial charge in [0.2, 0.25) is 5.79 Å². The van der Waals surface area contributed by atoms with Gasteiger partial charge in [0.15, 0.2) is 0 Å². The average molecular weight is 323 g/mol. The van der Waals surface area contributed by atoms with Crippen LogP contribution in [-0.4, -0.2) is 27.7 Å². The van der Waals surface area contributed by atoms with E-state index in [1.54, 1.807) is 17.1 Å². The first-order chi connectivity index (χ1) is 11.8. The fourth-order valence-corrected chi connectivity index (χ4v) is 2.58. The van der Waals surface area contributed by atoms with E-state index in [9.17, 15) is 0 Å². The van der Waals surface area contributed by atoms with Gasteiger partial charge in [0.1, 0.15) is 6.54 Å². The van der Waals surface area contributed by atoms with Crippen LogP contribution >= 0.6 is 0 Å². The number of rotatable bonds is 3. The Labute approximate surface area is 141 Å². The van der Waals surface area contributed by atoms with Crippen molar-refractivity contribution in [2.45, 2.75) is 25.4 Å². The van der Waals surface area contributed by atoms with Crippen molar-refractivity contribution in [3.8, 4) is 0 Å². The molecule has 0 amide bonds.